The van der Waals surface area contributed by atoms with Crippen molar-refractivity contribution in [3.8, 4) is 0 Å². The van der Waals surface area contributed by atoms with Gasteiger partial charge in [-0.2, -0.15) is 0 Å². The Hall–Kier alpha value is -2.80. The fourth-order valence-electron chi connectivity index (χ4n) is 4.15. The summed E-state index contributed by atoms with van der Waals surface area (Å²) in [6.07, 6.45) is 3.65. The smallest absolute Gasteiger partial charge is 0.253 e. The second-order valence-corrected chi connectivity index (χ2v) is 7.28. The van der Waals surface area contributed by atoms with Gasteiger partial charge in [-0.1, -0.05) is 6.07 Å². The van der Waals surface area contributed by atoms with Gasteiger partial charge in [-0.25, -0.2) is 0 Å². The van der Waals surface area contributed by atoms with Gasteiger partial charge >= 0.3 is 0 Å². The number of likely N-dealkylation sites (tertiary alicyclic amines) is 1. The topological polar surface area (TPSA) is 75.9 Å². The van der Waals surface area contributed by atoms with E-state index in [0.717, 1.165) is 73.7 Å². The Labute approximate surface area is 157 Å². The van der Waals surface area contributed by atoms with Gasteiger partial charge in [0.15, 0.2) is 0 Å². The number of carbonyl (C=O) groups is 1. The Morgan fingerprint density at radius 2 is 2.00 bits per heavy atom. The number of fused-ring (bicyclic) bond motifs is 2. The van der Waals surface area contributed by atoms with Gasteiger partial charge in [0.1, 0.15) is 11.6 Å². The van der Waals surface area contributed by atoms with E-state index in [1.54, 1.807) is 6.20 Å². The lowest BCUT2D eigenvalue weighted by molar-refractivity contribution is 0.0710. The first-order valence-corrected chi connectivity index (χ1v) is 9.56. The quantitative estimate of drug-likeness (QED) is 0.754. The van der Waals surface area contributed by atoms with Gasteiger partial charge in [0.25, 0.3) is 5.91 Å². The number of hydrogen-bond donors (Lipinski definition) is 1. The zero-order valence-corrected chi connectivity index (χ0v) is 15.1. The highest BCUT2D eigenvalue weighted by molar-refractivity contribution is 5.98. The van der Waals surface area contributed by atoms with Crippen LogP contribution in [0, 0.1) is 0 Å². The highest BCUT2D eigenvalue weighted by Gasteiger charge is 2.29. The van der Waals surface area contributed by atoms with Gasteiger partial charge in [0.2, 0.25) is 0 Å². The van der Waals surface area contributed by atoms with Crippen LogP contribution < -0.4 is 5.32 Å². The number of hydrogen-bond acceptors (Lipinski definition) is 5. The minimum absolute atomic E-state index is 0.103. The van der Waals surface area contributed by atoms with E-state index >= 15 is 0 Å². The minimum Gasteiger partial charge on any atom is -0.339 e. The van der Waals surface area contributed by atoms with Crippen molar-refractivity contribution in [2.75, 3.05) is 19.6 Å². The summed E-state index contributed by atoms with van der Waals surface area (Å²) in [5.41, 5.74) is 1.65. The van der Waals surface area contributed by atoms with Gasteiger partial charge in [-0.3, -0.25) is 9.78 Å². The molecule has 0 aliphatic carbocycles. The van der Waals surface area contributed by atoms with Crippen molar-refractivity contribution in [3.63, 3.8) is 0 Å². The van der Waals surface area contributed by atoms with Gasteiger partial charge in [0.05, 0.1) is 12.1 Å². The number of amides is 1. The summed E-state index contributed by atoms with van der Waals surface area (Å²) in [5.74, 6) is 2.61. The Balaban J connectivity index is 1.29. The summed E-state index contributed by atoms with van der Waals surface area (Å²) >= 11 is 0. The van der Waals surface area contributed by atoms with E-state index in [0.29, 0.717) is 5.92 Å². The zero-order valence-electron chi connectivity index (χ0n) is 15.1. The van der Waals surface area contributed by atoms with Crippen molar-refractivity contribution in [1.29, 1.82) is 0 Å². The lowest BCUT2D eigenvalue weighted by Gasteiger charge is -2.32. The molecule has 1 fully saturated rings. The molecule has 5 rings (SSSR count). The standard InChI is InChI=1S/C20H22N6O/c27-20(16-3-4-17-15(12-16)2-1-7-22-17)25-9-5-14(6-10-25)19-24-23-18-13-21-8-11-26(18)19/h1-4,7,12,14,21H,5-6,8-11,13H2. The molecule has 7 heteroatoms. The van der Waals surface area contributed by atoms with Gasteiger partial charge in [0, 0.05) is 49.2 Å². The number of rotatable bonds is 2. The molecule has 0 bridgehead atoms. The van der Waals surface area contributed by atoms with Crippen LogP contribution in [-0.2, 0) is 13.1 Å². The molecule has 138 valence electrons. The maximum atomic E-state index is 12.9. The average molecular weight is 362 g/mol. The number of carbonyl (C=O) groups excluding carboxylic acids is 1. The zero-order chi connectivity index (χ0) is 18.2. The first-order valence-electron chi connectivity index (χ1n) is 9.56. The molecule has 0 radical (unpaired) electrons. The predicted octanol–water partition coefficient (Wildman–Crippen LogP) is 1.95. The van der Waals surface area contributed by atoms with Crippen LogP contribution in [0.3, 0.4) is 0 Å². The molecule has 2 aliphatic rings. The molecular formula is C20H22N6O. The molecule has 27 heavy (non-hydrogen) atoms. The minimum atomic E-state index is 0.103. The fraction of sp³-hybridized carbons (Fsp3) is 0.400. The van der Waals surface area contributed by atoms with Crippen LogP contribution in [0.2, 0.25) is 0 Å². The van der Waals surface area contributed by atoms with Crippen LogP contribution in [0.15, 0.2) is 36.5 Å². The number of nitrogens with zero attached hydrogens (tertiary/aromatic N) is 5. The first kappa shape index (κ1) is 16.4. The molecule has 0 saturated carbocycles. The molecule has 3 aromatic rings. The van der Waals surface area contributed by atoms with E-state index in [4.69, 9.17) is 0 Å². The third kappa shape index (κ3) is 2.98. The lowest BCUT2D eigenvalue weighted by Crippen LogP contribution is -2.38. The number of nitrogens with one attached hydrogen (secondary N) is 1. The maximum absolute atomic E-state index is 12.9. The Bertz CT molecular complexity index is 989. The van der Waals surface area contributed by atoms with Gasteiger partial charge in [-0.05, 0) is 37.1 Å². The van der Waals surface area contributed by atoms with Crippen molar-refractivity contribution in [1.82, 2.24) is 30.0 Å². The van der Waals surface area contributed by atoms with E-state index in [9.17, 15) is 4.79 Å². The van der Waals surface area contributed by atoms with E-state index in [-0.39, 0.29) is 5.91 Å². The summed E-state index contributed by atoms with van der Waals surface area (Å²) in [6.45, 7) is 4.21. The Morgan fingerprint density at radius 1 is 1.11 bits per heavy atom. The summed E-state index contributed by atoms with van der Waals surface area (Å²) in [5, 5.41) is 13.1. The normalized spacial score (nSPS) is 17.9. The number of aromatic nitrogens is 4. The monoisotopic (exact) mass is 362 g/mol. The van der Waals surface area contributed by atoms with E-state index in [1.165, 1.54) is 0 Å². The summed E-state index contributed by atoms with van der Waals surface area (Å²) in [7, 11) is 0. The second kappa shape index (κ2) is 6.74. The number of pyridine rings is 1. The molecule has 2 aliphatic heterocycles. The highest BCUT2D eigenvalue weighted by Crippen LogP contribution is 2.28. The molecule has 0 unspecified atom stereocenters. The fourth-order valence-corrected chi connectivity index (χ4v) is 4.15. The SMILES string of the molecule is O=C(c1ccc2ncccc2c1)N1CCC(c2nnc3n2CCNC3)CC1. The largest absolute Gasteiger partial charge is 0.339 e. The molecule has 7 nitrogen and oxygen atoms in total. The van der Waals surface area contributed by atoms with Crippen molar-refractivity contribution in [2.24, 2.45) is 0 Å². The molecule has 4 heterocycles. The van der Waals surface area contributed by atoms with Crippen LogP contribution in [0.4, 0.5) is 0 Å². The van der Waals surface area contributed by atoms with Crippen LogP contribution >= 0.6 is 0 Å². The summed E-state index contributed by atoms with van der Waals surface area (Å²) in [6, 6.07) is 9.64. The van der Waals surface area contributed by atoms with Gasteiger partial charge in [-0.15, -0.1) is 10.2 Å². The first-order chi connectivity index (χ1) is 13.3. The van der Waals surface area contributed by atoms with E-state index < -0.39 is 0 Å². The molecule has 1 aromatic carbocycles. The second-order valence-electron chi connectivity index (χ2n) is 7.28. The molecule has 0 spiro atoms. The van der Waals surface area contributed by atoms with Crippen LogP contribution in [-0.4, -0.2) is 50.2 Å². The molecule has 2 aromatic heterocycles. The van der Waals surface area contributed by atoms with Crippen molar-refractivity contribution >= 4 is 16.8 Å². The predicted molar refractivity (Wildman–Crippen MR) is 101 cm³/mol. The number of benzene rings is 1. The molecular weight excluding hydrogens is 340 g/mol. The summed E-state index contributed by atoms with van der Waals surface area (Å²) < 4.78 is 2.26. The molecule has 1 amide bonds. The Morgan fingerprint density at radius 3 is 2.89 bits per heavy atom. The molecule has 1 N–H and O–H groups in total. The molecule has 1 saturated heterocycles. The van der Waals surface area contributed by atoms with Gasteiger partial charge < -0.3 is 14.8 Å². The van der Waals surface area contributed by atoms with Crippen molar-refractivity contribution in [2.45, 2.75) is 31.8 Å². The Kier molecular flexibility index (Phi) is 4.09. The van der Waals surface area contributed by atoms with Crippen LogP contribution in [0.1, 0.15) is 40.8 Å². The van der Waals surface area contributed by atoms with E-state index in [1.807, 2.05) is 35.2 Å². The van der Waals surface area contributed by atoms with Crippen molar-refractivity contribution < 1.29 is 4.79 Å². The number of piperidine rings is 1. The third-order valence-electron chi connectivity index (χ3n) is 5.65. The maximum Gasteiger partial charge on any atom is 0.253 e. The van der Waals surface area contributed by atoms with Crippen LogP contribution in [0.25, 0.3) is 10.9 Å². The average Bonchev–Trinajstić information content (AvgIpc) is 3.17. The van der Waals surface area contributed by atoms with Crippen molar-refractivity contribution in [3.05, 3.63) is 53.7 Å². The third-order valence-corrected chi connectivity index (χ3v) is 5.65. The summed E-state index contributed by atoms with van der Waals surface area (Å²) in [4.78, 5) is 19.2. The molecule has 0 atom stereocenters. The van der Waals surface area contributed by atoms with Crippen LogP contribution in [0.5, 0.6) is 0 Å². The lowest BCUT2D eigenvalue weighted by atomic mass is 9.95. The van der Waals surface area contributed by atoms with E-state index in [2.05, 4.69) is 25.1 Å². The highest BCUT2D eigenvalue weighted by atomic mass is 16.2.